The first-order valence-electron chi connectivity index (χ1n) is 3.76. The molecule has 2 heteroatoms. The molecule has 0 atom stereocenters. The molecule has 0 spiro atoms. The second kappa shape index (κ2) is 2.50. The van der Waals surface area contributed by atoms with E-state index in [0.717, 1.165) is 18.1 Å². The lowest BCUT2D eigenvalue weighted by molar-refractivity contribution is 0.763. The highest BCUT2D eigenvalue weighted by atomic mass is 35.5. The summed E-state index contributed by atoms with van der Waals surface area (Å²) in [6, 6.07) is 4.07. The lowest BCUT2D eigenvalue weighted by atomic mass is 10.1. The van der Waals surface area contributed by atoms with Crippen molar-refractivity contribution in [1.82, 2.24) is 5.32 Å². The van der Waals surface area contributed by atoms with Gasteiger partial charge in [-0.2, -0.15) is 0 Å². The van der Waals surface area contributed by atoms with Crippen molar-refractivity contribution in [2.24, 2.45) is 0 Å². The molecule has 1 N–H and O–H groups in total. The van der Waals surface area contributed by atoms with E-state index in [0.29, 0.717) is 0 Å². The van der Waals surface area contributed by atoms with Gasteiger partial charge in [-0.15, -0.1) is 0 Å². The molecule has 0 radical (unpaired) electrons. The van der Waals surface area contributed by atoms with Crippen molar-refractivity contribution >= 4 is 11.6 Å². The predicted molar refractivity (Wildman–Crippen MR) is 46.7 cm³/mol. The van der Waals surface area contributed by atoms with E-state index in [1.165, 1.54) is 16.7 Å². The Morgan fingerprint density at radius 1 is 1.36 bits per heavy atom. The van der Waals surface area contributed by atoms with Gasteiger partial charge in [0.05, 0.1) is 0 Å². The highest BCUT2D eigenvalue weighted by molar-refractivity contribution is 6.30. The van der Waals surface area contributed by atoms with Gasteiger partial charge < -0.3 is 5.32 Å². The molecule has 0 fully saturated rings. The minimum atomic E-state index is 0.852. The number of fused-ring (bicyclic) bond motifs is 1. The van der Waals surface area contributed by atoms with Crippen LogP contribution >= 0.6 is 11.6 Å². The topological polar surface area (TPSA) is 12.0 Å². The number of hydrogen-bond acceptors (Lipinski definition) is 1. The van der Waals surface area contributed by atoms with Gasteiger partial charge in [0.2, 0.25) is 0 Å². The van der Waals surface area contributed by atoms with Crippen molar-refractivity contribution in [3.63, 3.8) is 0 Å². The molecule has 0 unspecified atom stereocenters. The molecule has 11 heavy (non-hydrogen) atoms. The van der Waals surface area contributed by atoms with Crippen molar-refractivity contribution in [1.29, 1.82) is 0 Å². The summed E-state index contributed by atoms with van der Waals surface area (Å²) >= 11 is 5.90. The molecule has 0 amide bonds. The summed E-state index contributed by atoms with van der Waals surface area (Å²) in [6.07, 6.45) is 0. The van der Waals surface area contributed by atoms with Gasteiger partial charge in [-0.05, 0) is 35.7 Å². The van der Waals surface area contributed by atoms with E-state index in [4.69, 9.17) is 11.6 Å². The number of aryl methyl sites for hydroxylation is 1. The summed E-state index contributed by atoms with van der Waals surface area (Å²) in [5.74, 6) is 0. The Bertz CT molecular complexity index is 294. The van der Waals surface area contributed by atoms with Crippen LogP contribution in [-0.4, -0.2) is 0 Å². The molecule has 0 aromatic heterocycles. The molecule has 1 aliphatic rings. The number of nitrogens with one attached hydrogen (secondary N) is 1. The van der Waals surface area contributed by atoms with Crippen LogP contribution in [0.1, 0.15) is 16.7 Å². The predicted octanol–water partition coefficient (Wildman–Crippen LogP) is 2.25. The molecule has 1 aromatic rings. The Morgan fingerprint density at radius 3 is 3.00 bits per heavy atom. The fraction of sp³-hybridized carbons (Fsp3) is 0.333. The molecular weight excluding hydrogens is 158 g/mol. The SMILES string of the molecule is Cc1cc(Cl)cc2c1CNC2. The first-order valence-corrected chi connectivity index (χ1v) is 4.14. The molecule has 2 rings (SSSR count). The van der Waals surface area contributed by atoms with Crippen molar-refractivity contribution in [2.75, 3.05) is 0 Å². The first kappa shape index (κ1) is 7.14. The maximum atomic E-state index is 5.90. The quantitative estimate of drug-likeness (QED) is 0.625. The van der Waals surface area contributed by atoms with Crippen LogP contribution in [0.4, 0.5) is 0 Å². The summed E-state index contributed by atoms with van der Waals surface area (Å²) in [4.78, 5) is 0. The Morgan fingerprint density at radius 2 is 2.18 bits per heavy atom. The van der Waals surface area contributed by atoms with E-state index in [-0.39, 0.29) is 0 Å². The average Bonchev–Trinajstić information content (AvgIpc) is 2.34. The molecule has 58 valence electrons. The highest BCUT2D eigenvalue weighted by Crippen LogP contribution is 2.23. The zero-order valence-corrected chi connectivity index (χ0v) is 7.20. The number of benzene rings is 1. The Hall–Kier alpha value is -0.530. The fourth-order valence-corrected chi connectivity index (χ4v) is 1.87. The van der Waals surface area contributed by atoms with E-state index in [1.54, 1.807) is 0 Å². The first-order chi connectivity index (χ1) is 5.27. The van der Waals surface area contributed by atoms with Gasteiger partial charge in [-0.1, -0.05) is 11.6 Å². The third-order valence-corrected chi connectivity index (χ3v) is 2.37. The van der Waals surface area contributed by atoms with E-state index in [1.807, 2.05) is 12.1 Å². The van der Waals surface area contributed by atoms with E-state index in [2.05, 4.69) is 12.2 Å². The molecular formula is C9H10ClN. The minimum absolute atomic E-state index is 0.852. The lowest BCUT2D eigenvalue weighted by Gasteiger charge is -2.02. The Kier molecular flexibility index (Phi) is 1.63. The summed E-state index contributed by atoms with van der Waals surface area (Å²) in [5, 5.41) is 4.15. The molecule has 1 nitrogen and oxygen atoms in total. The third kappa shape index (κ3) is 1.15. The highest BCUT2D eigenvalue weighted by Gasteiger charge is 2.12. The van der Waals surface area contributed by atoms with E-state index in [9.17, 15) is 0 Å². The van der Waals surface area contributed by atoms with Crippen molar-refractivity contribution in [3.8, 4) is 0 Å². The largest absolute Gasteiger partial charge is 0.309 e. The van der Waals surface area contributed by atoms with Crippen LogP contribution in [0.2, 0.25) is 5.02 Å². The van der Waals surface area contributed by atoms with E-state index < -0.39 is 0 Å². The van der Waals surface area contributed by atoms with Crippen LogP contribution in [0, 0.1) is 6.92 Å². The van der Waals surface area contributed by atoms with Crippen LogP contribution < -0.4 is 5.32 Å². The summed E-state index contributed by atoms with van der Waals surface area (Å²) in [5.41, 5.74) is 4.09. The van der Waals surface area contributed by atoms with Gasteiger partial charge in [0.1, 0.15) is 0 Å². The maximum absolute atomic E-state index is 5.90. The van der Waals surface area contributed by atoms with Crippen LogP contribution in [0.15, 0.2) is 12.1 Å². The minimum Gasteiger partial charge on any atom is -0.309 e. The molecule has 1 heterocycles. The second-order valence-electron chi connectivity index (χ2n) is 2.96. The van der Waals surface area contributed by atoms with E-state index >= 15 is 0 Å². The van der Waals surface area contributed by atoms with Crippen LogP contribution in [0.25, 0.3) is 0 Å². The molecule has 0 bridgehead atoms. The maximum Gasteiger partial charge on any atom is 0.0412 e. The Balaban J connectivity index is 2.60. The normalized spacial score (nSPS) is 15.1. The smallest absolute Gasteiger partial charge is 0.0412 e. The summed E-state index contributed by atoms with van der Waals surface area (Å²) < 4.78 is 0. The number of halogens is 1. The van der Waals surface area contributed by atoms with Crippen LogP contribution in [0.3, 0.4) is 0 Å². The van der Waals surface area contributed by atoms with Gasteiger partial charge in [0.25, 0.3) is 0 Å². The molecule has 0 saturated carbocycles. The third-order valence-electron chi connectivity index (χ3n) is 2.15. The van der Waals surface area contributed by atoms with Gasteiger partial charge in [0, 0.05) is 18.1 Å². The number of rotatable bonds is 0. The molecule has 1 aromatic carbocycles. The monoisotopic (exact) mass is 167 g/mol. The van der Waals surface area contributed by atoms with Gasteiger partial charge in [-0.25, -0.2) is 0 Å². The zero-order chi connectivity index (χ0) is 7.84. The van der Waals surface area contributed by atoms with Crippen LogP contribution in [0.5, 0.6) is 0 Å². The van der Waals surface area contributed by atoms with Crippen LogP contribution in [-0.2, 0) is 13.1 Å². The van der Waals surface area contributed by atoms with Gasteiger partial charge in [0.15, 0.2) is 0 Å². The van der Waals surface area contributed by atoms with Gasteiger partial charge in [-0.3, -0.25) is 0 Å². The second-order valence-corrected chi connectivity index (χ2v) is 3.40. The zero-order valence-electron chi connectivity index (χ0n) is 6.45. The molecule has 0 aliphatic carbocycles. The average molecular weight is 168 g/mol. The van der Waals surface area contributed by atoms with Crippen molar-refractivity contribution < 1.29 is 0 Å². The van der Waals surface area contributed by atoms with Gasteiger partial charge >= 0.3 is 0 Å². The lowest BCUT2D eigenvalue weighted by Crippen LogP contribution is -2.00. The molecule has 1 aliphatic heterocycles. The number of hydrogen-bond donors (Lipinski definition) is 1. The standard InChI is InChI=1S/C9H10ClN/c1-6-2-8(10)3-7-4-11-5-9(6)7/h2-3,11H,4-5H2,1H3. The van der Waals surface area contributed by atoms with Crippen molar-refractivity contribution in [2.45, 2.75) is 20.0 Å². The summed E-state index contributed by atoms with van der Waals surface area (Å²) in [7, 11) is 0. The van der Waals surface area contributed by atoms with Crippen molar-refractivity contribution in [3.05, 3.63) is 33.8 Å². The molecule has 0 saturated heterocycles. The summed E-state index contributed by atoms with van der Waals surface area (Å²) in [6.45, 7) is 4.08. The fourth-order valence-electron chi connectivity index (χ4n) is 1.58. The Labute approximate surface area is 71.4 Å².